The van der Waals surface area contributed by atoms with Crippen molar-refractivity contribution in [3.63, 3.8) is 0 Å². The van der Waals surface area contributed by atoms with Crippen LogP contribution in [0, 0.1) is 18.3 Å². The molecule has 3 N–H and O–H groups in total. The van der Waals surface area contributed by atoms with E-state index in [1.54, 1.807) is 30.3 Å². The molecule has 0 spiro atoms. The van der Waals surface area contributed by atoms with Crippen LogP contribution in [-0.4, -0.2) is 42.0 Å². The molecule has 1 heterocycles. The standard InChI is InChI=1S/C35H33ClN2O7/c1-22-26(6-3-7-29(22)25-8-9-31-34(14-25)43-11-10-42-31)21-45-33-16-32(44-20-24-5-2-4-23(12-24)17-37)27(13-30(33)36)18-38-19-28(39)15-35(40)41/h2-9,12-14,16,28,38-39H,10-11,15,18-21H2,1H3,(H,40,41)/t28-/m0/s1. The second-order valence-corrected chi connectivity index (χ2v) is 11.0. The SMILES string of the molecule is Cc1c(COc2cc(OCc3cccc(C#N)c3)c(CNC[C@@H](O)CC(=O)O)cc2Cl)cccc1-c1ccc2c(c1)OCCO2. The highest BCUT2D eigenvalue weighted by atomic mass is 35.5. The number of nitriles is 1. The van der Waals surface area contributed by atoms with Crippen LogP contribution in [-0.2, 0) is 24.6 Å². The molecule has 45 heavy (non-hydrogen) atoms. The van der Waals surface area contributed by atoms with Gasteiger partial charge in [-0.1, -0.05) is 48.0 Å². The molecule has 1 aliphatic heterocycles. The summed E-state index contributed by atoms with van der Waals surface area (Å²) in [7, 11) is 0. The molecule has 10 heteroatoms. The number of aliphatic hydroxyl groups is 1. The number of ether oxygens (including phenoxy) is 4. The molecule has 1 atom stereocenters. The lowest BCUT2D eigenvalue weighted by atomic mass is 9.96. The second-order valence-electron chi connectivity index (χ2n) is 10.6. The van der Waals surface area contributed by atoms with Crippen molar-refractivity contribution in [2.24, 2.45) is 0 Å². The first kappa shape index (κ1) is 31.7. The van der Waals surface area contributed by atoms with Crippen LogP contribution in [0.3, 0.4) is 0 Å². The Morgan fingerprint density at radius 1 is 0.978 bits per heavy atom. The molecule has 0 amide bonds. The Kier molecular flexibility index (Phi) is 10.4. The van der Waals surface area contributed by atoms with E-state index in [1.807, 2.05) is 43.3 Å². The van der Waals surface area contributed by atoms with Gasteiger partial charge in [0, 0.05) is 24.7 Å². The molecule has 0 unspecified atom stereocenters. The fourth-order valence-electron chi connectivity index (χ4n) is 5.02. The molecule has 0 bridgehead atoms. The summed E-state index contributed by atoms with van der Waals surface area (Å²) in [4.78, 5) is 10.9. The number of hydrogen-bond donors (Lipinski definition) is 3. The molecule has 0 aliphatic carbocycles. The monoisotopic (exact) mass is 628 g/mol. The third kappa shape index (κ3) is 8.25. The number of hydrogen-bond acceptors (Lipinski definition) is 8. The summed E-state index contributed by atoms with van der Waals surface area (Å²) in [5.41, 5.74) is 6.14. The zero-order chi connectivity index (χ0) is 31.8. The van der Waals surface area contributed by atoms with Crippen molar-refractivity contribution in [3.05, 3.63) is 106 Å². The molecule has 5 rings (SSSR count). The number of carbonyl (C=O) groups is 1. The Morgan fingerprint density at radius 3 is 2.56 bits per heavy atom. The summed E-state index contributed by atoms with van der Waals surface area (Å²) in [6.45, 7) is 3.89. The normalized spacial score (nSPS) is 12.7. The Balaban J connectivity index is 1.34. The highest BCUT2D eigenvalue weighted by molar-refractivity contribution is 6.32. The topological polar surface area (TPSA) is 130 Å². The van der Waals surface area contributed by atoms with Crippen LogP contribution >= 0.6 is 11.6 Å². The number of carboxylic acid groups (broad SMARTS) is 1. The van der Waals surface area contributed by atoms with Crippen LogP contribution in [0.5, 0.6) is 23.0 Å². The molecule has 4 aromatic carbocycles. The summed E-state index contributed by atoms with van der Waals surface area (Å²) in [6, 6.07) is 24.7. The van der Waals surface area contributed by atoms with E-state index in [9.17, 15) is 15.2 Å². The maximum atomic E-state index is 10.9. The summed E-state index contributed by atoms with van der Waals surface area (Å²) in [6.07, 6.45) is -1.41. The molecule has 4 aromatic rings. The summed E-state index contributed by atoms with van der Waals surface area (Å²) in [5, 5.41) is 31.6. The highest BCUT2D eigenvalue weighted by Gasteiger charge is 2.17. The fraction of sp³-hybridized carbons (Fsp3) is 0.257. The van der Waals surface area contributed by atoms with Gasteiger partial charge in [0.1, 0.15) is 37.9 Å². The zero-order valence-corrected chi connectivity index (χ0v) is 25.5. The molecule has 0 radical (unpaired) electrons. The summed E-state index contributed by atoms with van der Waals surface area (Å²) in [5.74, 6) is 1.31. The average Bonchev–Trinajstić information content (AvgIpc) is 3.04. The van der Waals surface area contributed by atoms with E-state index in [0.29, 0.717) is 40.9 Å². The number of benzene rings is 4. The zero-order valence-electron chi connectivity index (χ0n) is 24.7. The van der Waals surface area contributed by atoms with Gasteiger partial charge in [0.15, 0.2) is 11.5 Å². The lowest BCUT2D eigenvalue weighted by Gasteiger charge is -2.20. The maximum Gasteiger partial charge on any atom is 0.306 e. The summed E-state index contributed by atoms with van der Waals surface area (Å²) < 4.78 is 23.8. The Morgan fingerprint density at radius 2 is 1.76 bits per heavy atom. The Labute approximate surface area is 266 Å². The number of nitrogens with one attached hydrogen (secondary N) is 1. The van der Waals surface area contributed by atoms with Crippen molar-refractivity contribution in [1.82, 2.24) is 5.32 Å². The first-order valence-corrected chi connectivity index (χ1v) is 14.8. The van der Waals surface area contributed by atoms with Crippen LogP contribution < -0.4 is 24.3 Å². The van der Waals surface area contributed by atoms with Gasteiger partial charge < -0.3 is 34.5 Å². The summed E-state index contributed by atoms with van der Waals surface area (Å²) >= 11 is 6.67. The highest BCUT2D eigenvalue weighted by Crippen LogP contribution is 2.37. The van der Waals surface area contributed by atoms with Gasteiger partial charge in [-0.25, -0.2) is 0 Å². The Bertz CT molecular complexity index is 1720. The smallest absolute Gasteiger partial charge is 0.306 e. The second kappa shape index (κ2) is 14.8. The molecule has 0 aromatic heterocycles. The van der Waals surface area contributed by atoms with Gasteiger partial charge in [0.2, 0.25) is 0 Å². The van der Waals surface area contributed by atoms with E-state index in [0.717, 1.165) is 39.3 Å². The van der Waals surface area contributed by atoms with Crippen LogP contribution in [0.1, 0.15) is 34.2 Å². The van der Waals surface area contributed by atoms with Crippen LogP contribution in [0.4, 0.5) is 0 Å². The maximum absolute atomic E-state index is 10.9. The number of aliphatic hydroxyl groups excluding tert-OH is 1. The number of carboxylic acids is 1. The van der Waals surface area contributed by atoms with E-state index < -0.39 is 12.1 Å². The number of nitrogens with zero attached hydrogens (tertiary/aromatic N) is 1. The van der Waals surface area contributed by atoms with Crippen molar-refractivity contribution in [1.29, 1.82) is 5.26 Å². The third-order valence-electron chi connectivity index (χ3n) is 7.35. The molecule has 0 fully saturated rings. The number of aliphatic carboxylic acids is 1. The van der Waals surface area contributed by atoms with E-state index in [2.05, 4.69) is 17.5 Å². The average molecular weight is 629 g/mol. The van der Waals surface area contributed by atoms with Crippen molar-refractivity contribution in [2.45, 2.75) is 39.2 Å². The minimum Gasteiger partial charge on any atom is -0.488 e. The predicted octanol–water partition coefficient (Wildman–Crippen LogP) is 6.04. The van der Waals surface area contributed by atoms with Gasteiger partial charge in [0.05, 0.1) is 29.2 Å². The van der Waals surface area contributed by atoms with E-state index >= 15 is 0 Å². The number of rotatable bonds is 13. The van der Waals surface area contributed by atoms with Gasteiger partial charge in [-0.05, 0) is 65.1 Å². The molecule has 1 aliphatic rings. The molecule has 0 saturated carbocycles. The van der Waals surface area contributed by atoms with Crippen molar-refractivity contribution >= 4 is 17.6 Å². The van der Waals surface area contributed by atoms with Gasteiger partial charge in [-0.2, -0.15) is 5.26 Å². The van der Waals surface area contributed by atoms with Gasteiger partial charge in [-0.15, -0.1) is 0 Å². The molecular formula is C35H33ClN2O7. The Hall–Kier alpha value is -4.75. The van der Waals surface area contributed by atoms with Gasteiger partial charge in [-0.3, -0.25) is 4.79 Å². The van der Waals surface area contributed by atoms with Crippen molar-refractivity contribution in [3.8, 4) is 40.2 Å². The molecule has 232 valence electrons. The van der Waals surface area contributed by atoms with E-state index in [-0.39, 0.29) is 32.7 Å². The number of halogens is 1. The predicted molar refractivity (Wildman–Crippen MR) is 169 cm³/mol. The van der Waals surface area contributed by atoms with Crippen molar-refractivity contribution < 1.29 is 34.0 Å². The van der Waals surface area contributed by atoms with Crippen LogP contribution in [0.15, 0.2) is 72.8 Å². The minimum absolute atomic E-state index is 0.0742. The first-order chi connectivity index (χ1) is 21.8. The molecule has 9 nitrogen and oxygen atoms in total. The van der Waals surface area contributed by atoms with E-state index in [1.165, 1.54) is 0 Å². The largest absolute Gasteiger partial charge is 0.488 e. The van der Waals surface area contributed by atoms with Gasteiger partial charge >= 0.3 is 5.97 Å². The van der Waals surface area contributed by atoms with E-state index in [4.69, 9.17) is 35.7 Å². The fourth-order valence-corrected chi connectivity index (χ4v) is 5.26. The molecular weight excluding hydrogens is 596 g/mol. The lowest BCUT2D eigenvalue weighted by Crippen LogP contribution is -2.28. The number of fused-ring (bicyclic) bond motifs is 1. The lowest BCUT2D eigenvalue weighted by molar-refractivity contribution is -0.139. The molecule has 0 saturated heterocycles. The van der Waals surface area contributed by atoms with Gasteiger partial charge in [0.25, 0.3) is 0 Å². The minimum atomic E-state index is -1.08. The quantitative estimate of drug-likeness (QED) is 0.162. The van der Waals surface area contributed by atoms with Crippen molar-refractivity contribution in [2.75, 3.05) is 19.8 Å². The third-order valence-corrected chi connectivity index (χ3v) is 7.65. The van der Waals surface area contributed by atoms with Crippen LogP contribution in [0.25, 0.3) is 11.1 Å². The first-order valence-electron chi connectivity index (χ1n) is 14.5. The van der Waals surface area contributed by atoms with Crippen LogP contribution in [0.2, 0.25) is 5.02 Å².